The number of aryl methyl sites for hydroxylation is 2. The summed E-state index contributed by atoms with van der Waals surface area (Å²) in [6.07, 6.45) is 0.866. The minimum absolute atomic E-state index is 0.0347. The van der Waals surface area contributed by atoms with E-state index in [-0.39, 0.29) is 11.8 Å². The summed E-state index contributed by atoms with van der Waals surface area (Å²) in [5.74, 6) is -0.161. The van der Waals surface area contributed by atoms with Crippen LogP contribution >= 0.6 is 0 Å². The van der Waals surface area contributed by atoms with E-state index >= 15 is 0 Å². The van der Waals surface area contributed by atoms with E-state index in [0.29, 0.717) is 19.4 Å². The van der Waals surface area contributed by atoms with Gasteiger partial charge in [-0.05, 0) is 37.0 Å². The summed E-state index contributed by atoms with van der Waals surface area (Å²) >= 11 is 0. The molecule has 0 aliphatic rings. The molecule has 2 aromatic rings. The maximum atomic E-state index is 13.1. The van der Waals surface area contributed by atoms with Crippen molar-refractivity contribution in [3.63, 3.8) is 0 Å². The number of rotatable bonds is 7. The molecule has 1 unspecified atom stereocenters. The second kappa shape index (κ2) is 9.18. The Morgan fingerprint density at radius 1 is 1.04 bits per heavy atom. The summed E-state index contributed by atoms with van der Waals surface area (Å²) in [5.41, 5.74) is 4.30. The van der Waals surface area contributed by atoms with Gasteiger partial charge in [0.05, 0.1) is 6.42 Å². The standard InChI is InChI=1S/C22H28N2O2/c1-5-20(22(26)23-4)24(15-19-9-7-6-8-17(19)3)21(25)14-18-12-10-16(2)11-13-18/h6-13,20H,5,14-15H2,1-4H3,(H,23,26). The topological polar surface area (TPSA) is 49.4 Å². The van der Waals surface area contributed by atoms with Crippen LogP contribution in [0, 0.1) is 13.8 Å². The van der Waals surface area contributed by atoms with E-state index in [2.05, 4.69) is 5.32 Å². The lowest BCUT2D eigenvalue weighted by molar-refractivity contribution is -0.140. The Labute approximate surface area is 156 Å². The minimum atomic E-state index is -0.474. The van der Waals surface area contributed by atoms with E-state index < -0.39 is 6.04 Å². The highest BCUT2D eigenvalue weighted by Gasteiger charge is 2.28. The number of nitrogens with one attached hydrogen (secondary N) is 1. The second-order valence-corrected chi connectivity index (χ2v) is 6.65. The van der Waals surface area contributed by atoms with E-state index in [4.69, 9.17) is 0 Å². The van der Waals surface area contributed by atoms with Crippen LogP contribution in [0.15, 0.2) is 48.5 Å². The number of hydrogen-bond donors (Lipinski definition) is 1. The quantitative estimate of drug-likeness (QED) is 0.830. The number of carbonyl (C=O) groups excluding carboxylic acids is 2. The minimum Gasteiger partial charge on any atom is -0.357 e. The van der Waals surface area contributed by atoms with Crippen LogP contribution in [0.25, 0.3) is 0 Å². The predicted octanol–water partition coefficient (Wildman–Crippen LogP) is 3.40. The molecule has 0 spiro atoms. The van der Waals surface area contributed by atoms with E-state index in [1.165, 1.54) is 0 Å². The van der Waals surface area contributed by atoms with Crippen molar-refractivity contribution < 1.29 is 9.59 Å². The number of likely N-dealkylation sites (N-methyl/N-ethyl adjacent to an activating group) is 1. The molecule has 0 aromatic heterocycles. The highest BCUT2D eigenvalue weighted by atomic mass is 16.2. The summed E-state index contributed by atoms with van der Waals surface area (Å²) < 4.78 is 0. The first-order valence-electron chi connectivity index (χ1n) is 9.07. The van der Waals surface area contributed by atoms with Gasteiger partial charge in [-0.1, -0.05) is 61.0 Å². The number of nitrogens with zero attached hydrogens (tertiary/aromatic N) is 1. The zero-order valence-electron chi connectivity index (χ0n) is 16.1. The SMILES string of the molecule is CCC(C(=O)NC)N(Cc1ccccc1C)C(=O)Cc1ccc(C)cc1. The number of carbonyl (C=O) groups is 2. The molecule has 0 saturated carbocycles. The van der Waals surface area contributed by atoms with Crippen LogP contribution < -0.4 is 5.32 Å². The fourth-order valence-corrected chi connectivity index (χ4v) is 3.04. The molecule has 1 atom stereocenters. The van der Waals surface area contributed by atoms with Gasteiger partial charge in [0.25, 0.3) is 0 Å². The Bertz CT molecular complexity index is 753. The highest BCUT2D eigenvalue weighted by Crippen LogP contribution is 2.17. The molecule has 0 aliphatic carbocycles. The van der Waals surface area contributed by atoms with Crippen LogP contribution in [-0.2, 0) is 22.6 Å². The molecule has 2 rings (SSSR count). The molecule has 0 aliphatic heterocycles. The van der Waals surface area contributed by atoms with Crippen LogP contribution in [0.5, 0.6) is 0 Å². The first-order valence-corrected chi connectivity index (χ1v) is 9.07. The predicted molar refractivity (Wildman–Crippen MR) is 105 cm³/mol. The largest absolute Gasteiger partial charge is 0.357 e. The van der Waals surface area contributed by atoms with Gasteiger partial charge in [0.15, 0.2) is 0 Å². The third-order valence-corrected chi connectivity index (χ3v) is 4.71. The highest BCUT2D eigenvalue weighted by molar-refractivity contribution is 5.88. The average molecular weight is 352 g/mol. The third-order valence-electron chi connectivity index (χ3n) is 4.71. The van der Waals surface area contributed by atoms with Gasteiger partial charge in [-0.3, -0.25) is 9.59 Å². The third kappa shape index (κ3) is 4.94. The van der Waals surface area contributed by atoms with Gasteiger partial charge >= 0.3 is 0 Å². The molecule has 1 N–H and O–H groups in total. The number of amides is 2. The van der Waals surface area contributed by atoms with Crippen LogP contribution in [0.1, 0.15) is 35.6 Å². The van der Waals surface area contributed by atoms with Gasteiger partial charge in [0.1, 0.15) is 6.04 Å². The van der Waals surface area contributed by atoms with E-state index in [1.807, 2.05) is 69.3 Å². The van der Waals surface area contributed by atoms with Crippen molar-refractivity contribution in [2.45, 2.75) is 46.2 Å². The summed E-state index contributed by atoms with van der Waals surface area (Å²) in [4.78, 5) is 27.1. The van der Waals surface area contributed by atoms with Gasteiger partial charge in [-0.2, -0.15) is 0 Å². The molecule has 0 radical (unpaired) electrons. The van der Waals surface area contributed by atoms with E-state index in [0.717, 1.165) is 22.3 Å². The lowest BCUT2D eigenvalue weighted by Crippen LogP contribution is -2.48. The molecular formula is C22H28N2O2. The Morgan fingerprint density at radius 3 is 2.27 bits per heavy atom. The smallest absolute Gasteiger partial charge is 0.242 e. The lowest BCUT2D eigenvalue weighted by atomic mass is 10.0. The maximum absolute atomic E-state index is 13.1. The second-order valence-electron chi connectivity index (χ2n) is 6.65. The Morgan fingerprint density at radius 2 is 1.69 bits per heavy atom. The summed E-state index contributed by atoms with van der Waals surface area (Å²) in [7, 11) is 1.61. The number of hydrogen-bond acceptors (Lipinski definition) is 2. The zero-order valence-corrected chi connectivity index (χ0v) is 16.1. The number of benzene rings is 2. The molecule has 0 saturated heterocycles. The van der Waals surface area contributed by atoms with Crippen molar-refractivity contribution in [1.29, 1.82) is 0 Å². The van der Waals surface area contributed by atoms with Gasteiger partial charge in [-0.15, -0.1) is 0 Å². The Balaban J connectivity index is 2.29. The van der Waals surface area contributed by atoms with Crippen molar-refractivity contribution in [1.82, 2.24) is 10.2 Å². The lowest BCUT2D eigenvalue weighted by Gasteiger charge is -2.31. The molecular weight excluding hydrogens is 324 g/mol. The molecule has 26 heavy (non-hydrogen) atoms. The molecule has 138 valence electrons. The van der Waals surface area contributed by atoms with Gasteiger partial charge in [0, 0.05) is 13.6 Å². The Hall–Kier alpha value is -2.62. The van der Waals surface area contributed by atoms with Crippen LogP contribution in [0.3, 0.4) is 0 Å². The van der Waals surface area contributed by atoms with Crippen molar-refractivity contribution in [2.24, 2.45) is 0 Å². The summed E-state index contributed by atoms with van der Waals surface area (Å²) in [6, 6.07) is 15.5. The van der Waals surface area contributed by atoms with Crippen molar-refractivity contribution in [2.75, 3.05) is 7.05 Å². The van der Waals surface area contributed by atoms with Gasteiger partial charge < -0.3 is 10.2 Å². The first kappa shape index (κ1) is 19.7. The van der Waals surface area contributed by atoms with Crippen LogP contribution in [0.2, 0.25) is 0 Å². The molecule has 0 bridgehead atoms. The first-order chi connectivity index (χ1) is 12.5. The van der Waals surface area contributed by atoms with E-state index in [9.17, 15) is 9.59 Å². The zero-order chi connectivity index (χ0) is 19.1. The Kier molecular flexibility index (Phi) is 6.96. The molecule has 2 amide bonds. The summed E-state index contributed by atoms with van der Waals surface area (Å²) in [6.45, 7) is 6.42. The van der Waals surface area contributed by atoms with Crippen molar-refractivity contribution in [3.8, 4) is 0 Å². The fraction of sp³-hybridized carbons (Fsp3) is 0.364. The fourth-order valence-electron chi connectivity index (χ4n) is 3.04. The van der Waals surface area contributed by atoms with E-state index in [1.54, 1.807) is 11.9 Å². The average Bonchev–Trinajstić information content (AvgIpc) is 2.64. The normalized spacial score (nSPS) is 11.7. The molecule has 0 heterocycles. The molecule has 4 heteroatoms. The maximum Gasteiger partial charge on any atom is 0.242 e. The summed E-state index contributed by atoms with van der Waals surface area (Å²) in [5, 5.41) is 2.69. The van der Waals surface area contributed by atoms with Crippen LogP contribution in [0.4, 0.5) is 0 Å². The van der Waals surface area contributed by atoms with Crippen molar-refractivity contribution >= 4 is 11.8 Å². The molecule has 2 aromatic carbocycles. The van der Waals surface area contributed by atoms with Gasteiger partial charge in [-0.25, -0.2) is 0 Å². The van der Waals surface area contributed by atoms with Crippen LogP contribution in [-0.4, -0.2) is 29.8 Å². The molecule has 0 fully saturated rings. The monoisotopic (exact) mass is 352 g/mol. The molecule has 4 nitrogen and oxygen atoms in total. The van der Waals surface area contributed by atoms with Gasteiger partial charge in [0.2, 0.25) is 11.8 Å². The van der Waals surface area contributed by atoms with Crippen molar-refractivity contribution in [3.05, 3.63) is 70.8 Å².